The number of hydrogen-bond donors (Lipinski definition) is 5. The lowest BCUT2D eigenvalue weighted by atomic mass is 9.98. The molecule has 0 aliphatic carbocycles. The van der Waals surface area contributed by atoms with Crippen LogP contribution in [0.1, 0.15) is 65.2 Å². The molecule has 3 heterocycles. The van der Waals surface area contributed by atoms with Gasteiger partial charge in [-0.05, 0) is 84.6 Å². The van der Waals surface area contributed by atoms with E-state index in [2.05, 4.69) is 17.6 Å². The van der Waals surface area contributed by atoms with Crippen LogP contribution < -0.4 is 27.8 Å². The van der Waals surface area contributed by atoms with Crippen LogP contribution in [0.2, 0.25) is 0 Å². The summed E-state index contributed by atoms with van der Waals surface area (Å²) in [5, 5.41) is 6.38. The number of carbonyl (C=O) groups is 2. The number of primary amides is 1. The van der Waals surface area contributed by atoms with Crippen LogP contribution in [0.5, 0.6) is 0 Å². The van der Waals surface area contributed by atoms with Crippen molar-refractivity contribution in [2.75, 3.05) is 52.4 Å². The predicted molar refractivity (Wildman–Crippen MR) is 127 cm³/mol. The summed E-state index contributed by atoms with van der Waals surface area (Å²) in [6, 6.07) is 0.260. The second kappa shape index (κ2) is 20.5. The van der Waals surface area contributed by atoms with E-state index < -0.39 is 0 Å². The molecule has 2 amide bonds. The molecule has 9 nitrogen and oxygen atoms in total. The molecule has 9 heteroatoms. The molecular formula is C22H48N6O3. The highest BCUT2D eigenvalue weighted by Crippen LogP contribution is 2.10. The van der Waals surface area contributed by atoms with Crippen molar-refractivity contribution < 1.29 is 14.3 Å². The molecule has 3 saturated heterocycles. The third kappa shape index (κ3) is 16.9. The molecule has 3 aliphatic heterocycles. The molecule has 0 aromatic heterocycles. The lowest BCUT2D eigenvalue weighted by molar-refractivity contribution is -0.122. The molecule has 0 radical (unpaired) electrons. The molecule has 0 aromatic rings. The molecule has 8 N–H and O–H groups in total. The number of piperidine rings is 2. The van der Waals surface area contributed by atoms with Crippen LogP contribution >= 0.6 is 0 Å². The minimum Gasteiger partial charge on any atom is -0.450 e. The summed E-state index contributed by atoms with van der Waals surface area (Å²) in [5.41, 5.74) is 15.9. The monoisotopic (exact) mass is 444 g/mol. The molecule has 3 fully saturated rings. The van der Waals surface area contributed by atoms with Crippen LogP contribution in [-0.2, 0) is 9.53 Å². The Morgan fingerprint density at radius 3 is 1.84 bits per heavy atom. The van der Waals surface area contributed by atoms with Gasteiger partial charge in [0.1, 0.15) is 0 Å². The smallest absolute Gasteiger partial charge is 0.409 e. The van der Waals surface area contributed by atoms with E-state index in [1.54, 1.807) is 4.90 Å². The maximum atomic E-state index is 11.2. The van der Waals surface area contributed by atoms with Gasteiger partial charge >= 0.3 is 6.09 Å². The van der Waals surface area contributed by atoms with Crippen LogP contribution in [0.3, 0.4) is 0 Å². The fourth-order valence-corrected chi connectivity index (χ4v) is 3.23. The van der Waals surface area contributed by atoms with Crippen LogP contribution in [-0.4, -0.2) is 75.4 Å². The van der Waals surface area contributed by atoms with E-state index in [9.17, 15) is 9.59 Å². The predicted octanol–water partition coefficient (Wildman–Crippen LogP) is 1.15. The molecule has 0 bridgehead atoms. The van der Waals surface area contributed by atoms with E-state index >= 15 is 0 Å². The number of rotatable bonds is 4. The van der Waals surface area contributed by atoms with Crippen molar-refractivity contribution in [2.45, 2.75) is 71.3 Å². The molecule has 0 aromatic carbocycles. The molecule has 3 rings (SSSR count). The molecule has 0 spiro atoms. The van der Waals surface area contributed by atoms with Gasteiger partial charge in [-0.25, -0.2) is 4.79 Å². The molecule has 0 unspecified atom stereocenters. The Hall–Kier alpha value is -1.42. The summed E-state index contributed by atoms with van der Waals surface area (Å²) >= 11 is 0. The molecule has 3 aliphatic rings. The summed E-state index contributed by atoms with van der Waals surface area (Å²) < 4.78 is 4.86. The number of likely N-dealkylation sites (tertiary alicyclic amines) is 1. The van der Waals surface area contributed by atoms with E-state index in [1.807, 2.05) is 6.92 Å². The number of carbonyl (C=O) groups excluding carboxylic acids is 2. The molecule has 0 saturated carbocycles. The summed E-state index contributed by atoms with van der Waals surface area (Å²) in [7, 11) is 0. The molecule has 0 atom stereocenters. The normalized spacial score (nSPS) is 19.0. The fourth-order valence-electron chi connectivity index (χ4n) is 3.23. The number of ether oxygens (including phenoxy) is 1. The van der Waals surface area contributed by atoms with Gasteiger partial charge in [0.15, 0.2) is 0 Å². The van der Waals surface area contributed by atoms with Crippen molar-refractivity contribution in [2.24, 2.45) is 23.1 Å². The number of nitrogens with two attached hydrogens (primary N) is 3. The van der Waals surface area contributed by atoms with E-state index in [0.717, 1.165) is 58.4 Å². The zero-order chi connectivity index (χ0) is 23.3. The first-order valence-corrected chi connectivity index (χ1v) is 12.0. The van der Waals surface area contributed by atoms with E-state index in [-0.39, 0.29) is 24.0 Å². The number of nitrogens with one attached hydrogen (secondary N) is 2. The highest BCUT2D eigenvalue weighted by molar-refractivity contribution is 5.76. The summed E-state index contributed by atoms with van der Waals surface area (Å²) in [6.45, 7) is 11.1. The zero-order valence-electron chi connectivity index (χ0n) is 19.9. The number of hydrogen-bond acceptors (Lipinski definition) is 7. The van der Waals surface area contributed by atoms with Crippen molar-refractivity contribution in [1.82, 2.24) is 15.5 Å². The van der Waals surface area contributed by atoms with Crippen molar-refractivity contribution in [3.05, 3.63) is 0 Å². The quantitative estimate of drug-likeness (QED) is 0.437. The van der Waals surface area contributed by atoms with Crippen molar-refractivity contribution in [3.63, 3.8) is 0 Å². The minimum atomic E-state index is -0.204. The van der Waals surface area contributed by atoms with Gasteiger partial charge in [0.2, 0.25) is 5.91 Å². The third-order valence-corrected chi connectivity index (χ3v) is 5.32. The SMILES string of the molecule is C1CCNC1.CCCCN.CCOC(=O)N1CCC(N)CC1.NC(=O)C1CCNCC1. The fraction of sp³-hybridized carbons (Fsp3) is 0.909. The zero-order valence-corrected chi connectivity index (χ0v) is 19.9. The van der Waals surface area contributed by atoms with E-state index in [0.29, 0.717) is 6.61 Å². The van der Waals surface area contributed by atoms with Gasteiger partial charge in [0.05, 0.1) is 6.61 Å². The molecular weight excluding hydrogens is 396 g/mol. The van der Waals surface area contributed by atoms with Gasteiger partial charge < -0.3 is 37.5 Å². The number of nitrogens with zero attached hydrogens (tertiary/aromatic N) is 1. The van der Waals surface area contributed by atoms with Gasteiger partial charge in [-0.15, -0.1) is 0 Å². The Morgan fingerprint density at radius 1 is 0.968 bits per heavy atom. The van der Waals surface area contributed by atoms with E-state index in [4.69, 9.17) is 21.9 Å². The summed E-state index contributed by atoms with van der Waals surface area (Å²) in [6.07, 6.45) is 8.56. The Bertz CT molecular complexity index is 425. The summed E-state index contributed by atoms with van der Waals surface area (Å²) in [5.74, 6) is -0.0113. The highest BCUT2D eigenvalue weighted by atomic mass is 16.6. The van der Waals surface area contributed by atoms with Crippen molar-refractivity contribution in [3.8, 4) is 0 Å². The maximum Gasteiger partial charge on any atom is 0.409 e. The van der Waals surface area contributed by atoms with Gasteiger partial charge in [-0.3, -0.25) is 4.79 Å². The Morgan fingerprint density at radius 2 is 1.52 bits per heavy atom. The first kappa shape index (κ1) is 29.6. The number of amides is 2. The maximum absolute atomic E-state index is 11.2. The second-order valence-corrected chi connectivity index (χ2v) is 8.05. The Labute approximate surface area is 189 Å². The van der Waals surface area contributed by atoms with Crippen LogP contribution in [0, 0.1) is 5.92 Å². The first-order chi connectivity index (χ1) is 15.0. The first-order valence-electron chi connectivity index (χ1n) is 12.0. The van der Waals surface area contributed by atoms with Gasteiger partial charge in [0.25, 0.3) is 0 Å². The molecule has 31 heavy (non-hydrogen) atoms. The van der Waals surface area contributed by atoms with Crippen molar-refractivity contribution >= 4 is 12.0 Å². The highest BCUT2D eigenvalue weighted by Gasteiger charge is 2.20. The average molecular weight is 445 g/mol. The van der Waals surface area contributed by atoms with Crippen LogP contribution in [0.25, 0.3) is 0 Å². The average Bonchev–Trinajstić information content (AvgIpc) is 3.37. The number of unbranched alkanes of at least 4 members (excludes halogenated alkanes) is 1. The lowest BCUT2D eigenvalue weighted by Crippen LogP contribution is -2.43. The van der Waals surface area contributed by atoms with Crippen LogP contribution in [0.15, 0.2) is 0 Å². The third-order valence-electron chi connectivity index (χ3n) is 5.32. The van der Waals surface area contributed by atoms with Crippen LogP contribution in [0.4, 0.5) is 4.79 Å². The van der Waals surface area contributed by atoms with Gasteiger partial charge in [-0.2, -0.15) is 0 Å². The lowest BCUT2D eigenvalue weighted by Gasteiger charge is -2.29. The van der Waals surface area contributed by atoms with Gasteiger partial charge in [0, 0.05) is 25.0 Å². The molecule has 184 valence electrons. The minimum absolute atomic E-state index is 0.131. The van der Waals surface area contributed by atoms with Crippen molar-refractivity contribution in [1.29, 1.82) is 0 Å². The Kier molecular flexibility index (Phi) is 19.5. The second-order valence-electron chi connectivity index (χ2n) is 8.05. The standard InChI is InChI=1S/C8H16N2O2.C6H12N2O.C4H9N.C4H11N/c1-2-12-8(11)10-5-3-7(9)4-6-10;7-6(9)5-1-3-8-4-2-5;1-2-4-5-3-1;1-2-3-4-5/h7H,2-6,9H2,1H3;5,8H,1-4H2,(H2,7,9);5H,1-4H2;2-5H2,1H3. The largest absolute Gasteiger partial charge is 0.450 e. The van der Waals surface area contributed by atoms with E-state index in [1.165, 1.54) is 38.8 Å². The Balaban J connectivity index is 0.000000416. The van der Waals surface area contributed by atoms with Gasteiger partial charge in [-0.1, -0.05) is 13.3 Å². The summed E-state index contributed by atoms with van der Waals surface area (Å²) in [4.78, 5) is 23.4. The topological polar surface area (TPSA) is 149 Å².